The van der Waals surface area contributed by atoms with Gasteiger partial charge in [0.1, 0.15) is 5.82 Å². The Hall–Kier alpha value is -1.91. The number of benzene rings is 2. The molecule has 0 aliphatic heterocycles. The molecule has 1 amide bonds. The van der Waals surface area contributed by atoms with Crippen LogP contribution in [0.4, 0.5) is 4.39 Å². The van der Waals surface area contributed by atoms with E-state index in [-0.39, 0.29) is 26.5 Å². The zero-order valence-corrected chi connectivity index (χ0v) is 18.1. The Kier molecular flexibility index (Phi) is 6.07. The number of carbonyl (C=O) groups is 1. The normalized spacial score (nSPS) is 11.5. The number of sulfonamides is 1. The van der Waals surface area contributed by atoms with Gasteiger partial charge in [0.15, 0.2) is 5.69 Å². The summed E-state index contributed by atoms with van der Waals surface area (Å²) in [4.78, 5) is 12.1. The van der Waals surface area contributed by atoms with Crippen LogP contribution in [0.2, 0.25) is 20.1 Å². The van der Waals surface area contributed by atoms with Crippen LogP contribution in [-0.4, -0.2) is 29.3 Å². The number of rotatable bonds is 4. The lowest BCUT2D eigenvalue weighted by Crippen LogP contribution is -2.31. The summed E-state index contributed by atoms with van der Waals surface area (Å²) in [5.41, 5.74) is 0.206. The van der Waals surface area contributed by atoms with Crippen LogP contribution in [0.3, 0.4) is 0 Å². The lowest BCUT2D eigenvalue weighted by Gasteiger charge is -2.09. The van der Waals surface area contributed by atoms with E-state index in [0.29, 0.717) is 5.69 Å². The van der Waals surface area contributed by atoms with E-state index in [1.54, 1.807) is 0 Å². The molecule has 0 aliphatic carbocycles. The highest BCUT2D eigenvalue weighted by Gasteiger charge is 2.25. The predicted molar refractivity (Wildman–Crippen MR) is 107 cm³/mol. The lowest BCUT2D eigenvalue weighted by molar-refractivity contribution is 0.0976. The van der Waals surface area contributed by atoms with Crippen molar-refractivity contribution in [3.05, 3.63) is 67.6 Å². The Labute approximate surface area is 184 Å². The van der Waals surface area contributed by atoms with Gasteiger partial charge in [-0.15, -0.1) is 5.10 Å². The maximum absolute atomic E-state index is 13.3. The fourth-order valence-corrected chi connectivity index (χ4v) is 4.16. The minimum absolute atomic E-state index is 0.188. The zero-order valence-electron chi connectivity index (χ0n) is 14.3. The molecule has 1 N–H and O–H groups in total. The maximum Gasteiger partial charge on any atom is 0.287 e. The van der Waals surface area contributed by atoms with E-state index in [1.807, 2.05) is 4.72 Å². The van der Waals surface area contributed by atoms with Gasteiger partial charge in [-0.3, -0.25) is 4.79 Å². The van der Waals surface area contributed by atoms with E-state index < -0.39 is 31.7 Å². The van der Waals surface area contributed by atoms with Crippen molar-refractivity contribution in [1.82, 2.24) is 19.7 Å². The Bertz CT molecular complexity index is 1250. The molecule has 0 saturated carbocycles. The second kappa shape index (κ2) is 8.08. The van der Waals surface area contributed by atoms with Crippen LogP contribution in [0.5, 0.6) is 0 Å². The molecule has 152 valence electrons. The molecule has 0 atom stereocenters. The molecule has 2 aromatic carbocycles. The number of nitrogens with zero attached hydrogens (tertiary/aromatic N) is 3. The number of hydrogen-bond donors (Lipinski definition) is 1. The first-order valence-electron chi connectivity index (χ1n) is 7.60. The van der Waals surface area contributed by atoms with E-state index >= 15 is 0 Å². The second-order valence-electron chi connectivity index (χ2n) is 5.66. The van der Waals surface area contributed by atoms with E-state index in [0.717, 1.165) is 18.2 Å². The first kappa shape index (κ1) is 21.8. The summed E-state index contributed by atoms with van der Waals surface area (Å²) in [5, 5.41) is 7.73. The van der Waals surface area contributed by atoms with Crippen LogP contribution in [0.25, 0.3) is 5.69 Å². The van der Waals surface area contributed by atoms with Gasteiger partial charge < -0.3 is 0 Å². The third-order valence-corrected chi connectivity index (χ3v) is 6.40. The zero-order chi connectivity index (χ0) is 21.5. The highest BCUT2D eigenvalue weighted by atomic mass is 35.5. The van der Waals surface area contributed by atoms with Gasteiger partial charge in [0.05, 0.1) is 36.4 Å². The molecule has 0 aliphatic rings. The van der Waals surface area contributed by atoms with Gasteiger partial charge in [-0.25, -0.2) is 22.2 Å². The minimum Gasteiger partial charge on any atom is -0.266 e. The van der Waals surface area contributed by atoms with Crippen LogP contribution < -0.4 is 4.72 Å². The summed E-state index contributed by atoms with van der Waals surface area (Å²) >= 11 is 23.6. The predicted octanol–water partition coefficient (Wildman–Crippen LogP) is 4.45. The van der Waals surface area contributed by atoms with Crippen molar-refractivity contribution >= 4 is 62.3 Å². The number of hydrogen-bond acceptors (Lipinski definition) is 5. The first-order chi connectivity index (χ1) is 13.5. The topological polar surface area (TPSA) is 93.9 Å². The SMILES string of the molecule is Cc1c(C(=O)NS(=O)(=O)c2ccc(F)c(Cl)c2)nnn1-c1cc(Cl)c(Cl)cc1Cl. The Morgan fingerprint density at radius 2 is 1.69 bits per heavy atom. The fourth-order valence-electron chi connectivity index (χ4n) is 2.32. The molecule has 3 rings (SSSR count). The van der Waals surface area contributed by atoms with Crippen LogP contribution >= 0.6 is 46.4 Å². The van der Waals surface area contributed by atoms with Gasteiger partial charge in [0.25, 0.3) is 15.9 Å². The smallest absolute Gasteiger partial charge is 0.266 e. The van der Waals surface area contributed by atoms with E-state index in [1.165, 1.54) is 23.7 Å². The van der Waals surface area contributed by atoms with Crippen molar-refractivity contribution < 1.29 is 17.6 Å². The highest BCUT2D eigenvalue weighted by Crippen LogP contribution is 2.31. The lowest BCUT2D eigenvalue weighted by atomic mass is 10.3. The van der Waals surface area contributed by atoms with Gasteiger partial charge in [0, 0.05) is 0 Å². The van der Waals surface area contributed by atoms with E-state index in [9.17, 15) is 17.6 Å². The molecule has 0 unspecified atom stereocenters. The fraction of sp³-hybridized carbons (Fsp3) is 0.0625. The molecule has 0 saturated heterocycles. The Morgan fingerprint density at radius 3 is 2.34 bits per heavy atom. The largest absolute Gasteiger partial charge is 0.287 e. The van der Waals surface area contributed by atoms with Crippen molar-refractivity contribution in [2.24, 2.45) is 0 Å². The summed E-state index contributed by atoms with van der Waals surface area (Å²) in [6.45, 7) is 1.48. The van der Waals surface area contributed by atoms with Crippen molar-refractivity contribution in [1.29, 1.82) is 0 Å². The van der Waals surface area contributed by atoms with Crippen LogP contribution in [-0.2, 0) is 10.0 Å². The van der Waals surface area contributed by atoms with Crippen LogP contribution in [0.15, 0.2) is 35.2 Å². The van der Waals surface area contributed by atoms with Crippen LogP contribution in [0.1, 0.15) is 16.2 Å². The standard InChI is InChI=1S/C16H9Cl4FN4O3S/c1-7-15(22-24-25(7)14-6-10(18)9(17)5-12(14)20)16(26)23-29(27,28)8-2-3-13(21)11(19)4-8/h2-6H,1H3,(H,23,26). The third kappa shape index (κ3) is 4.34. The van der Waals surface area contributed by atoms with Crippen molar-refractivity contribution in [2.75, 3.05) is 0 Å². The quantitative estimate of drug-likeness (QED) is 0.537. The molecule has 0 bridgehead atoms. The van der Waals surface area contributed by atoms with E-state index in [4.69, 9.17) is 46.4 Å². The number of aromatic nitrogens is 3. The maximum atomic E-state index is 13.3. The molecule has 7 nitrogen and oxygen atoms in total. The van der Waals surface area contributed by atoms with Gasteiger partial charge in [-0.05, 0) is 37.3 Å². The summed E-state index contributed by atoms with van der Waals surface area (Å²) in [7, 11) is -4.33. The average Bonchev–Trinajstić information content (AvgIpc) is 3.01. The molecule has 13 heteroatoms. The average molecular weight is 498 g/mol. The molecule has 0 radical (unpaired) electrons. The molecule has 29 heavy (non-hydrogen) atoms. The van der Waals surface area contributed by atoms with E-state index in [2.05, 4.69) is 10.3 Å². The summed E-state index contributed by atoms with van der Waals surface area (Å²) in [6.07, 6.45) is 0. The third-order valence-electron chi connectivity index (χ3n) is 3.76. The van der Waals surface area contributed by atoms with Gasteiger partial charge in [-0.2, -0.15) is 0 Å². The molecular weight excluding hydrogens is 489 g/mol. The Balaban J connectivity index is 1.93. The number of halogens is 5. The van der Waals surface area contributed by atoms with Gasteiger partial charge >= 0.3 is 0 Å². The molecule has 3 aromatic rings. The minimum atomic E-state index is -4.33. The second-order valence-corrected chi connectivity index (χ2v) is 8.97. The number of nitrogens with one attached hydrogen (secondary N) is 1. The summed E-state index contributed by atoms with van der Waals surface area (Å²) in [6, 6.07) is 5.54. The summed E-state index contributed by atoms with van der Waals surface area (Å²) < 4.78 is 41.1. The molecule has 1 heterocycles. The first-order valence-corrected chi connectivity index (χ1v) is 10.6. The highest BCUT2D eigenvalue weighted by molar-refractivity contribution is 7.90. The monoisotopic (exact) mass is 496 g/mol. The van der Waals surface area contributed by atoms with Crippen molar-refractivity contribution in [3.8, 4) is 5.69 Å². The summed E-state index contributed by atoms with van der Waals surface area (Å²) in [5.74, 6) is -1.85. The van der Waals surface area contributed by atoms with Gasteiger partial charge in [-0.1, -0.05) is 51.6 Å². The number of carbonyl (C=O) groups excluding carboxylic acids is 1. The molecule has 1 aromatic heterocycles. The van der Waals surface area contributed by atoms with Gasteiger partial charge in [0.2, 0.25) is 0 Å². The Morgan fingerprint density at radius 1 is 1.03 bits per heavy atom. The van der Waals surface area contributed by atoms with Crippen molar-refractivity contribution in [2.45, 2.75) is 11.8 Å². The molecule has 0 fully saturated rings. The van der Waals surface area contributed by atoms with Crippen LogP contribution in [0, 0.1) is 12.7 Å². The van der Waals surface area contributed by atoms with Crippen molar-refractivity contribution in [3.63, 3.8) is 0 Å². The molecule has 0 spiro atoms. The molecular formula is C16H9Cl4FN4O3S. The number of amides is 1.